The van der Waals surface area contributed by atoms with E-state index in [2.05, 4.69) is 19.1 Å². The lowest BCUT2D eigenvalue weighted by molar-refractivity contribution is -0.259. The Balaban J connectivity index is 1.69. The van der Waals surface area contributed by atoms with Crippen LogP contribution in [0.2, 0.25) is 0 Å². The van der Waals surface area contributed by atoms with Gasteiger partial charge in [0, 0.05) is 12.5 Å². The van der Waals surface area contributed by atoms with Crippen molar-refractivity contribution < 1.29 is 29.0 Å². The van der Waals surface area contributed by atoms with E-state index in [9.17, 15) is 19.5 Å². The molecule has 2 saturated heterocycles. The molecule has 7 heteroatoms. The largest absolute Gasteiger partial charge is 0.461 e. The Labute approximate surface area is 202 Å². The molecular weight excluding hydrogens is 434 g/mol. The molecule has 0 aromatic heterocycles. The van der Waals surface area contributed by atoms with E-state index < -0.39 is 35.4 Å². The van der Waals surface area contributed by atoms with Crippen LogP contribution in [0.3, 0.4) is 0 Å². The Kier molecular flexibility index (Phi) is 8.88. The number of Topliss-reactive ketones (excluding diaryl/α,β-unsaturated/α-hetero) is 1. The van der Waals surface area contributed by atoms with Gasteiger partial charge in [0.25, 0.3) is 11.7 Å². The highest BCUT2D eigenvalue weighted by atomic mass is 16.6. The van der Waals surface area contributed by atoms with Gasteiger partial charge in [-0.15, -0.1) is 0 Å². The van der Waals surface area contributed by atoms with E-state index >= 15 is 0 Å². The van der Waals surface area contributed by atoms with Gasteiger partial charge in [0.2, 0.25) is 5.79 Å². The fourth-order valence-corrected chi connectivity index (χ4v) is 5.06. The summed E-state index contributed by atoms with van der Waals surface area (Å²) in [6.07, 6.45) is 4.16. The molecule has 1 aromatic rings. The summed E-state index contributed by atoms with van der Waals surface area (Å²) >= 11 is 0. The Morgan fingerprint density at radius 3 is 2.53 bits per heavy atom. The fourth-order valence-electron chi connectivity index (χ4n) is 5.06. The first-order valence-corrected chi connectivity index (χ1v) is 12.7. The van der Waals surface area contributed by atoms with Crippen molar-refractivity contribution in [2.24, 2.45) is 11.8 Å². The first-order valence-electron chi connectivity index (χ1n) is 12.7. The van der Waals surface area contributed by atoms with Crippen LogP contribution in [0.15, 0.2) is 30.3 Å². The summed E-state index contributed by atoms with van der Waals surface area (Å²) in [4.78, 5) is 40.8. The van der Waals surface area contributed by atoms with Crippen LogP contribution in [0.4, 0.5) is 0 Å². The highest BCUT2D eigenvalue weighted by molar-refractivity contribution is 6.39. The lowest BCUT2D eigenvalue weighted by Crippen LogP contribution is -2.60. The van der Waals surface area contributed by atoms with E-state index in [-0.39, 0.29) is 24.7 Å². The number of ether oxygens (including phenoxy) is 2. The minimum atomic E-state index is -2.16. The molecular formula is C27H39NO6. The molecule has 0 aliphatic carbocycles. The topological polar surface area (TPSA) is 93.1 Å². The van der Waals surface area contributed by atoms with Gasteiger partial charge in [0.1, 0.15) is 12.1 Å². The third-order valence-corrected chi connectivity index (χ3v) is 7.44. The number of hydrogen-bond donors (Lipinski definition) is 1. The third-order valence-electron chi connectivity index (χ3n) is 7.44. The standard InChI is InChI=1S/C27H39NO6/c1-5-22(17-21-11-7-6-8-12-21)20(4)33-26(31)23-13-9-10-16-28(23)25(30)24(29)27(32)18(2)14-15-19(3)34-27/h6-8,11-12,18-20,22-23,32H,5,9-10,13-17H2,1-4H3/t18-,19?,20+,22-,23+,27-/m1/s1. The lowest BCUT2D eigenvalue weighted by atomic mass is 9.87. The Bertz CT molecular complexity index is 858. The molecule has 1 N–H and O–H groups in total. The van der Waals surface area contributed by atoms with Crippen LogP contribution in [0.1, 0.15) is 71.8 Å². The lowest BCUT2D eigenvalue weighted by Gasteiger charge is -2.41. The van der Waals surface area contributed by atoms with Crippen LogP contribution in [0.25, 0.3) is 0 Å². The van der Waals surface area contributed by atoms with E-state index in [1.54, 1.807) is 13.8 Å². The molecule has 2 heterocycles. The number of benzene rings is 1. The summed E-state index contributed by atoms with van der Waals surface area (Å²) in [5.74, 6) is -4.86. The molecule has 0 radical (unpaired) electrons. The Morgan fingerprint density at radius 1 is 1.15 bits per heavy atom. The van der Waals surface area contributed by atoms with Gasteiger partial charge < -0.3 is 19.5 Å². The number of nitrogens with zero attached hydrogens (tertiary/aromatic N) is 1. The van der Waals surface area contributed by atoms with E-state index in [4.69, 9.17) is 9.47 Å². The molecule has 2 aliphatic rings. The van der Waals surface area contributed by atoms with E-state index in [0.717, 1.165) is 19.3 Å². The fraction of sp³-hybridized carbons (Fsp3) is 0.667. The zero-order chi connectivity index (χ0) is 24.9. The number of aliphatic hydroxyl groups is 1. The van der Waals surface area contributed by atoms with Crippen LogP contribution >= 0.6 is 0 Å². The van der Waals surface area contributed by atoms with Crippen LogP contribution in [-0.2, 0) is 30.3 Å². The van der Waals surface area contributed by atoms with E-state index in [1.807, 2.05) is 25.1 Å². The molecule has 1 aromatic carbocycles. The van der Waals surface area contributed by atoms with Crippen molar-refractivity contribution in [3.63, 3.8) is 0 Å². The summed E-state index contributed by atoms with van der Waals surface area (Å²) in [5.41, 5.74) is 1.18. The van der Waals surface area contributed by atoms with E-state index in [0.29, 0.717) is 25.7 Å². The summed E-state index contributed by atoms with van der Waals surface area (Å²) in [5, 5.41) is 11.0. The van der Waals surface area contributed by atoms with Crippen molar-refractivity contribution in [2.45, 2.75) is 96.7 Å². The maximum Gasteiger partial charge on any atom is 0.329 e. The smallest absolute Gasteiger partial charge is 0.329 e. The molecule has 7 nitrogen and oxygen atoms in total. The van der Waals surface area contributed by atoms with Gasteiger partial charge in [-0.3, -0.25) is 9.59 Å². The summed E-state index contributed by atoms with van der Waals surface area (Å²) in [6, 6.07) is 9.25. The van der Waals surface area contributed by atoms with Gasteiger partial charge in [-0.1, -0.05) is 44.2 Å². The maximum atomic E-state index is 13.2. The molecule has 0 bridgehead atoms. The summed E-state index contributed by atoms with van der Waals surface area (Å²) in [6.45, 7) is 7.71. The van der Waals surface area contributed by atoms with Crippen molar-refractivity contribution in [3.8, 4) is 0 Å². The Hall–Kier alpha value is -2.25. The van der Waals surface area contributed by atoms with Crippen molar-refractivity contribution >= 4 is 17.7 Å². The van der Waals surface area contributed by atoms with Crippen LogP contribution < -0.4 is 0 Å². The van der Waals surface area contributed by atoms with E-state index in [1.165, 1.54) is 10.5 Å². The zero-order valence-electron chi connectivity index (χ0n) is 20.9. The number of esters is 1. The highest BCUT2D eigenvalue weighted by Gasteiger charge is 2.52. The van der Waals surface area contributed by atoms with Crippen molar-refractivity contribution in [2.75, 3.05) is 6.54 Å². The SMILES string of the molecule is CC[C@H](Cc1ccccc1)[C@H](C)OC(=O)[C@@H]1CCCCN1C(=O)C(=O)[C@]1(O)OC(C)CC[C@H]1C. The Morgan fingerprint density at radius 2 is 1.85 bits per heavy atom. The van der Waals surface area contributed by atoms with Gasteiger partial charge in [-0.2, -0.15) is 0 Å². The van der Waals surface area contributed by atoms with Gasteiger partial charge in [-0.25, -0.2) is 4.79 Å². The zero-order valence-corrected chi connectivity index (χ0v) is 20.9. The van der Waals surface area contributed by atoms with Crippen molar-refractivity contribution in [3.05, 3.63) is 35.9 Å². The minimum Gasteiger partial charge on any atom is -0.461 e. The molecule has 34 heavy (non-hydrogen) atoms. The molecule has 0 spiro atoms. The molecule has 6 atom stereocenters. The second-order valence-electron chi connectivity index (χ2n) is 9.94. The highest BCUT2D eigenvalue weighted by Crippen LogP contribution is 2.34. The molecule has 3 rings (SSSR count). The number of carbonyl (C=O) groups excluding carboxylic acids is 3. The first kappa shape index (κ1) is 26.4. The number of amides is 1. The number of hydrogen-bond acceptors (Lipinski definition) is 6. The van der Waals surface area contributed by atoms with Crippen LogP contribution in [0.5, 0.6) is 0 Å². The predicted octanol–water partition coefficient (Wildman–Crippen LogP) is 3.66. The average molecular weight is 474 g/mol. The quantitative estimate of drug-likeness (QED) is 0.458. The van der Waals surface area contributed by atoms with Gasteiger partial charge in [0.15, 0.2) is 0 Å². The molecule has 2 fully saturated rings. The summed E-state index contributed by atoms with van der Waals surface area (Å²) in [7, 11) is 0. The van der Waals surface area contributed by atoms with Crippen LogP contribution in [0, 0.1) is 11.8 Å². The average Bonchev–Trinajstić information content (AvgIpc) is 2.84. The number of ketones is 1. The first-order chi connectivity index (χ1) is 16.2. The van der Waals surface area contributed by atoms with Gasteiger partial charge >= 0.3 is 5.97 Å². The molecule has 0 saturated carbocycles. The molecule has 2 aliphatic heterocycles. The summed E-state index contributed by atoms with van der Waals surface area (Å²) < 4.78 is 11.4. The van der Waals surface area contributed by atoms with Crippen molar-refractivity contribution in [1.29, 1.82) is 0 Å². The molecule has 1 amide bonds. The maximum absolute atomic E-state index is 13.2. The van der Waals surface area contributed by atoms with Crippen molar-refractivity contribution in [1.82, 2.24) is 4.90 Å². The minimum absolute atomic E-state index is 0.138. The van der Waals surface area contributed by atoms with Crippen LogP contribution in [-0.4, -0.2) is 58.2 Å². The predicted molar refractivity (Wildman–Crippen MR) is 128 cm³/mol. The second-order valence-corrected chi connectivity index (χ2v) is 9.94. The van der Waals surface area contributed by atoms with Gasteiger partial charge in [0.05, 0.1) is 6.10 Å². The monoisotopic (exact) mass is 473 g/mol. The second kappa shape index (κ2) is 11.5. The number of rotatable bonds is 8. The number of carbonyl (C=O) groups is 3. The third kappa shape index (κ3) is 5.87. The number of likely N-dealkylation sites (tertiary alicyclic amines) is 1. The molecule has 188 valence electrons. The number of piperidine rings is 1. The molecule has 1 unspecified atom stereocenters. The van der Waals surface area contributed by atoms with Gasteiger partial charge in [-0.05, 0) is 70.3 Å². The normalized spacial score (nSPS) is 29.2.